The molecule has 0 saturated heterocycles. The molecule has 1 nitrogen and oxygen atoms in total. The Kier molecular flexibility index (Phi) is 8.13. The van der Waals surface area contributed by atoms with Gasteiger partial charge in [-0.3, -0.25) is 0 Å². The smallest absolute Gasteiger partial charge is 0.0720 e. The van der Waals surface area contributed by atoms with Gasteiger partial charge in [0.15, 0.2) is 0 Å². The topological polar surface area (TPSA) is 3.24 Å². The second-order valence-electron chi connectivity index (χ2n) is 16.5. The monoisotopic (exact) mass is 753 g/mol. The Morgan fingerprint density at radius 3 is 1.39 bits per heavy atom. The first-order chi connectivity index (χ1) is 29.0. The Labute approximate surface area is 347 Å². The van der Waals surface area contributed by atoms with Crippen LogP contribution >= 0.6 is 0 Å². The molecule has 1 spiro atoms. The van der Waals surface area contributed by atoms with Gasteiger partial charge < -0.3 is 4.90 Å². The van der Waals surface area contributed by atoms with Gasteiger partial charge in [-0.1, -0.05) is 202 Å². The molecule has 59 heavy (non-hydrogen) atoms. The molecule has 0 atom stereocenters. The molecule has 0 fully saturated rings. The van der Waals surface area contributed by atoms with Crippen molar-refractivity contribution in [1.29, 1.82) is 0 Å². The van der Waals surface area contributed by atoms with Crippen LogP contribution in [0.1, 0.15) is 47.2 Å². The summed E-state index contributed by atoms with van der Waals surface area (Å²) in [7, 11) is 0. The predicted molar refractivity (Wildman–Crippen MR) is 247 cm³/mol. The van der Waals surface area contributed by atoms with E-state index in [1.54, 1.807) is 0 Å². The van der Waals surface area contributed by atoms with Crippen molar-refractivity contribution in [3.8, 4) is 44.5 Å². The first-order valence-electron chi connectivity index (χ1n) is 20.7. The maximum absolute atomic E-state index is 2.51. The normalized spacial score (nSPS) is 13.9. The second-order valence-corrected chi connectivity index (χ2v) is 16.5. The summed E-state index contributed by atoms with van der Waals surface area (Å²) in [6.07, 6.45) is 0. The highest BCUT2D eigenvalue weighted by Gasteiger charge is 2.53. The maximum Gasteiger partial charge on any atom is 0.0720 e. The number of anilines is 3. The number of benzene rings is 9. The van der Waals surface area contributed by atoms with Crippen LogP contribution in [0.3, 0.4) is 0 Å². The van der Waals surface area contributed by atoms with Gasteiger partial charge in [0.05, 0.1) is 11.1 Å². The largest absolute Gasteiger partial charge is 0.310 e. The number of hydrogen-bond donors (Lipinski definition) is 0. The van der Waals surface area contributed by atoms with Crippen molar-refractivity contribution >= 4 is 17.1 Å². The van der Waals surface area contributed by atoms with E-state index in [1.807, 2.05) is 0 Å². The van der Waals surface area contributed by atoms with Gasteiger partial charge in [0.1, 0.15) is 0 Å². The van der Waals surface area contributed by atoms with E-state index in [1.165, 1.54) is 77.9 Å². The third-order valence-electron chi connectivity index (χ3n) is 12.9. The number of hydrogen-bond acceptors (Lipinski definition) is 1. The second kappa shape index (κ2) is 13.7. The Hall–Kier alpha value is -7.22. The fourth-order valence-corrected chi connectivity index (χ4v) is 10.3. The van der Waals surface area contributed by atoms with E-state index in [-0.39, 0.29) is 5.41 Å². The molecule has 0 bridgehead atoms. The Morgan fingerprint density at radius 2 is 0.763 bits per heavy atom. The molecule has 0 heterocycles. The molecule has 2 aliphatic carbocycles. The van der Waals surface area contributed by atoms with Crippen LogP contribution < -0.4 is 4.90 Å². The minimum Gasteiger partial charge on any atom is -0.310 e. The van der Waals surface area contributed by atoms with Gasteiger partial charge in [-0.15, -0.1) is 0 Å². The molecule has 0 amide bonds. The first kappa shape index (κ1) is 35.0. The van der Waals surface area contributed by atoms with Crippen LogP contribution in [-0.4, -0.2) is 0 Å². The van der Waals surface area contributed by atoms with E-state index < -0.39 is 5.41 Å². The molecule has 0 aliphatic heterocycles. The molecular formula is C58H43N. The summed E-state index contributed by atoms with van der Waals surface area (Å²) in [5, 5.41) is 0. The average molecular weight is 754 g/mol. The molecule has 9 aromatic carbocycles. The van der Waals surface area contributed by atoms with Crippen LogP contribution in [0.2, 0.25) is 0 Å². The van der Waals surface area contributed by atoms with Crippen LogP contribution in [0.25, 0.3) is 44.5 Å². The first-order valence-corrected chi connectivity index (χ1v) is 20.7. The standard InChI is InChI=1S/C58H43N/c1-57(2)51-29-14-16-31-53(51)58(54-32-17-15-30-52(54)57)50-28-13-12-27-47(50)48-35-34-46(39-55(48)58)59(45-26-18-25-43(37-45)40-19-6-3-7-20-40)56-36-33-44(41-21-8-4-9-22-41)38-49(56)42-23-10-5-11-24-42/h3-39H,1-2H3. The van der Waals surface area contributed by atoms with Crippen molar-refractivity contribution in [3.05, 3.63) is 258 Å². The molecule has 11 rings (SSSR count). The summed E-state index contributed by atoms with van der Waals surface area (Å²) >= 11 is 0. The van der Waals surface area contributed by atoms with E-state index in [0.717, 1.165) is 17.1 Å². The Morgan fingerprint density at radius 1 is 0.288 bits per heavy atom. The quantitative estimate of drug-likeness (QED) is 0.163. The third kappa shape index (κ3) is 5.39. The zero-order valence-electron chi connectivity index (χ0n) is 33.3. The highest BCUT2D eigenvalue weighted by Crippen LogP contribution is 2.62. The molecule has 280 valence electrons. The molecule has 1 heteroatoms. The van der Waals surface area contributed by atoms with Gasteiger partial charge in [0.25, 0.3) is 0 Å². The molecule has 0 unspecified atom stereocenters. The van der Waals surface area contributed by atoms with E-state index in [4.69, 9.17) is 0 Å². The van der Waals surface area contributed by atoms with E-state index in [0.29, 0.717) is 0 Å². The van der Waals surface area contributed by atoms with E-state index in [2.05, 4.69) is 243 Å². The van der Waals surface area contributed by atoms with Crippen molar-refractivity contribution in [2.24, 2.45) is 0 Å². The highest BCUT2D eigenvalue weighted by atomic mass is 15.1. The third-order valence-corrected chi connectivity index (χ3v) is 12.9. The van der Waals surface area contributed by atoms with Crippen molar-refractivity contribution in [2.75, 3.05) is 4.90 Å². The molecule has 9 aromatic rings. The molecule has 2 aliphatic rings. The zero-order valence-corrected chi connectivity index (χ0v) is 33.3. The van der Waals surface area contributed by atoms with Crippen molar-refractivity contribution in [1.82, 2.24) is 0 Å². The van der Waals surface area contributed by atoms with Crippen LogP contribution in [0.4, 0.5) is 17.1 Å². The lowest BCUT2D eigenvalue weighted by Gasteiger charge is -2.46. The Bertz CT molecular complexity index is 2960. The minimum atomic E-state index is -0.498. The summed E-state index contributed by atoms with van der Waals surface area (Å²) in [5.41, 5.74) is 20.5. The SMILES string of the molecule is CC1(C)c2ccccc2C2(c3ccccc3-c3ccc(N(c4cccc(-c5ccccc5)c4)c4ccc(-c5ccccc5)cc4-c4ccccc4)cc32)c2ccccc21. The minimum absolute atomic E-state index is 0.164. The van der Waals surface area contributed by atoms with Gasteiger partial charge in [-0.05, 0) is 109 Å². The summed E-state index contributed by atoms with van der Waals surface area (Å²) in [5.74, 6) is 0. The summed E-state index contributed by atoms with van der Waals surface area (Å²) in [4.78, 5) is 2.49. The fourth-order valence-electron chi connectivity index (χ4n) is 10.3. The van der Waals surface area contributed by atoms with Gasteiger partial charge in [-0.25, -0.2) is 0 Å². The van der Waals surface area contributed by atoms with Crippen molar-refractivity contribution in [3.63, 3.8) is 0 Å². The van der Waals surface area contributed by atoms with Gasteiger partial charge in [0.2, 0.25) is 0 Å². The lowest BCUT2D eigenvalue weighted by atomic mass is 9.55. The average Bonchev–Trinajstić information content (AvgIpc) is 3.60. The van der Waals surface area contributed by atoms with E-state index in [9.17, 15) is 0 Å². The molecule has 0 radical (unpaired) electrons. The number of nitrogens with zero attached hydrogens (tertiary/aromatic N) is 1. The summed E-state index contributed by atoms with van der Waals surface area (Å²) < 4.78 is 0. The zero-order chi connectivity index (χ0) is 39.6. The Balaban J connectivity index is 1.21. The molecule has 0 saturated carbocycles. The number of rotatable bonds is 6. The van der Waals surface area contributed by atoms with Gasteiger partial charge >= 0.3 is 0 Å². The van der Waals surface area contributed by atoms with Crippen molar-refractivity contribution < 1.29 is 0 Å². The van der Waals surface area contributed by atoms with Crippen LogP contribution in [-0.2, 0) is 10.8 Å². The maximum atomic E-state index is 2.51. The lowest BCUT2D eigenvalue weighted by Crippen LogP contribution is -2.40. The summed E-state index contributed by atoms with van der Waals surface area (Å²) in [6.45, 7) is 4.78. The number of fused-ring (bicyclic) bond motifs is 9. The van der Waals surface area contributed by atoms with Gasteiger partial charge in [-0.2, -0.15) is 0 Å². The lowest BCUT2D eigenvalue weighted by molar-refractivity contribution is 0.563. The molecular weight excluding hydrogens is 711 g/mol. The summed E-state index contributed by atoms with van der Waals surface area (Å²) in [6, 6.07) is 83.1. The molecule has 0 N–H and O–H groups in total. The predicted octanol–water partition coefficient (Wildman–Crippen LogP) is 15.2. The van der Waals surface area contributed by atoms with Crippen molar-refractivity contribution in [2.45, 2.75) is 24.7 Å². The molecule has 0 aromatic heterocycles. The van der Waals surface area contributed by atoms with E-state index >= 15 is 0 Å². The highest BCUT2D eigenvalue weighted by molar-refractivity contribution is 5.95. The van der Waals surface area contributed by atoms with Gasteiger partial charge in [0, 0.05) is 22.4 Å². The van der Waals surface area contributed by atoms with Crippen LogP contribution in [0.5, 0.6) is 0 Å². The fraction of sp³-hybridized carbons (Fsp3) is 0.0690. The van der Waals surface area contributed by atoms with Crippen LogP contribution in [0.15, 0.2) is 224 Å². The van der Waals surface area contributed by atoms with Crippen LogP contribution in [0, 0.1) is 0 Å².